The fraction of sp³-hybridized carbons (Fsp3) is 1.00. The predicted octanol–water partition coefficient (Wildman–Crippen LogP) is 0.856. The van der Waals surface area contributed by atoms with Crippen LogP contribution in [0.1, 0.15) is 27.7 Å². The lowest BCUT2D eigenvalue weighted by molar-refractivity contribution is 0.297. The number of nitrogens with one attached hydrogen (secondary N) is 2. The minimum atomic E-state index is 0.188. The van der Waals surface area contributed by atoms with Crippen molar-refractivity contribution in [3.05, 3.63) is 0 Å². The summed E-state index contributed by atoms with van der Waals surface area (Å²) in [5.41, 5.74) is 6.72. The van der Waals surface area contributed by atoms with Crippen molar-refractivity contribution in [2.45, 2.75) is 33.4 Å². The van der Waals surface area contributed by atoms with Crippen LogP contribution < -0.4 is 10.9 Å². The lowest BCUT2D eigenvalue weighted by Crippen LogP contribution is -2.31. The van der Waals surface area contributed by atoms with Gasteiger partial charge in [0.2, 0.25) is 0 Å². The first kappa shape index (κ1) is 6.05. The molecule has 2 nitrogen and oxygen atoms in total. The molecule has 0 aromatic rings. The number of hydrogen-bond acceptors (Lipinski definition) is 2. The lowest BCUT2D eigenvalue weighted by atomic mass is 9.86. The van der Waals surface area contributed by atoms with Gasteiger partial charge in [-0.15, -0.1) is 0 Å². The van der Waals surface area contributed by atoms with Crippen LogP contribution >= 0.6 is 0 Å². The van der Waals surface area contributed by atoms with E-state index in [9.17, 15) is 0 Å². The monoisotopic (exact) mass is 114 g/mol. The Morgan fingerprint density at radius 2 is 1.50 bits per heavy atom. The molecular weight excluding hydrogens is 100 g/mol. The standard InChI is InChI=1S/C6H14N2/c1-5(2,3)6(4)7-8-6/h7-8H,1-4H3. The van der Waals surface area contributed by atoms with Crippen molar-refractivity contribution < 1.29 is 0 Å². The summed E-state index contributed by atoms with van der Waals surface area (Å²) in [4.78, 5) is 0. The molecule has 0 radical (unpaired) electrons. The van der Waals surface area contributed by atoms with Gasteiger partial charge in [0, 0.05) is 0 Å². The van der Waals surface area contributed by atoms with Gasteiger partial charge in [-0.25, -0.2) is 10.9 Å². The van der Waals surface area contributed by atoms with E-state index in [0.717, 1.165) is 0 Å². The van der Waals surface area contributed by atoms with Crippen LogP contribution in [0.15, 0.2) is 0 Å². The van der Waals surface area contributed by atoms with E-state index in [1.54, 1.807) is 0 Å². The first-order valence-corrected chi connectivity index (χ1v) is 3.00. The van der Waals surface area contributed by atoms with Gasteiger partial charge in [-0.3, -0.25) is 0 Å². The molecule has 1 fully saturated rings. The van der Waals surface area contributed by atoms with Gasteiger partial charge in [0.25, 0.3) is 0 Å². The molecule has 0 amide bonds. The molecule has 1 rings (SSSR count). The highest BCUT2D eigenvalue weighted by Crippen LogP contribution is 2.32. The van der Waals surface area contributed by atoms with Crippen LogP contribution in [0.3, 0.4) is 0 Å². The van der Waals surface area contributed by atoms with Crippen LogP contribution in [-0.4, -0.2) is 5.66 Å². The summed E-state index contributed by atoms with van der Waals surface area (Å²) in [5.74, 6) is 0. The van der Waals surface area contributed by atoms with E-state index in [0.29, 0.717) is 5.41 Å². The lowest BCUT2D eigenvalue weighted by Gasteiger charge is -2.22. The largest absolute Gasteiger partial charge is 0.235 e. The Bertz CT molecular complexity index is 94.3. The number of hydrogen-bond donors (Lipinski definition) is 2. The average Bonchev–Trinajstić information content (AvgIpc) is 2.16. The van der Waals surface area contributed by atoms with Crippen molar-refractivity contribution >= 4 is 0 Å². The molecule has 0 spiro atoms. The normalized spacial score (nSPS) is 25.5. The van der Waals surface area contributed by atoms with Gasteiger partial charge < -0.3 is 0 Å². The van der Waals surface area contributed by atoms with Crippen molar-refractivity contribution in [2.24, 2.45) is 5.41 Å². The summed E-state index contributed by atoms with van der Waals surface area (Å²) in [7, 11) is 0. The summed E-state index contributed by atoms with van der Waals surface area (Å²) in [6.45, 7) is 8.78. The molecule has 1 heterocycles. The second kappa shape index (κ2) is 1.25. The van der Waals surface area contributed by atoms with E-state index in [2.05, 4.69) is 38.5 Å². The van der Waals surface area contributed by atoms with E-state index in [-0.39, 0.29) is 5.66 Å². The van der Waals surface area contributed by atoms with Crippen LogP contribution in [0.2, 0.25) is 0 Å². The third kappa shape index (κ3) is 0.740. The maximum Gasteiger partial charge on any atom is 0.0963 e. The van der Waals surface area contributed by atoms with E-state index in [1.807, 2.05) is 0 Å². The smallest absolute Gasteiger partial charge is 0.0963 e. The molecule has 1 saturated heterocycles. The summed E-state index contributed by atoms with van der Waals surface area (Å²) < 4.78 is 0. The zero-order chi connectivity index (χ0) is 6.41. The summed E-state index contributed by atoms with van der Waals surface area (Å²) in [6, 6.07) is 0. The second-order valence-electron chi connectivity index (χ2n) is 3.62. The maximum absolute atomic E-state index is 3.10. The molecule has 0 aromatic carbocycles. The number of hydrazine groups is 1. The van der Waals surface area contributed by atoms with Gasteiger partial charge in [0.05, 0.1) is 5.66 Å². The maximum atomic E-state index is 3.10. The van der Waals surface area contributed by atoms with Crippen molar-refractivity contribution in [1.29, 1.82) is 0 Å². The van der Waals surface area contributed by atoms with E-state index in [4.69, 9.17) is 0 Å². The molecule has 0 saturated carbocycles. The minimum absolute atomic E-state index is 0.188. The van der Waals surface area contributed by atoms with Crippen LogP contribution in [0, 0.1) is 5.41 Å². The molecular formula is C6H14N2. The van der Waals surface area contributed by atoms with E-state index >= 15 is 0 Å². The average molecular weight is 114 g/mol. The Balaban J connectivity index is 2.58. The van der Waals surface area contributed by atoms with Crippen molar-refractivity contribution in [1.82, 2.24) is 10.9 Å². The quantitative estimate of drug-likeness (QED) is 0.459. The molecule has 2 N–H and O–H groups in total. The van der Waals surface area contributed by atoms with E-state index in [1.165, 1.54) is 0 Å². The third-order valence-corrected chi connectivity index (χ3v) is 2.00. The van der Waals surface area contributed by atoms with Gasteiger partial charge in [-0.1, -0.05) is 20.8 Å². The SMILES string of the molecule is CC(C)(C)C1(C)NN1. The summed E-state index contributed by atoms with van der Waals surface area (Å²) in [5, 5.41) is 0. The topological polar surface area (TPSA) is 43.9 Å². The van der Waals surface area contributed by atoms with Crippen molar-refractivity contribution in [2.75, 3.05) is 0 Å². The molecule has 2 heteroatoms. The van der Waals surface area contributed by atoms with Crippen molar-refractivity contribution in [3.63, 3.8) is 0 Å². The van der Waals surface area contributed by atoms with Crippen LogP contribution in [0.5, 0.6) is 0 Å². The minimum Gasteiger partial charge on any atom is -0.235 e. The fourth-order valence-electron chi connectivity index (χ4n) is 0.469. The van der Waals surface area contributed by atoms with Crippen LogP contribution in [0.4, 0.5) is 0 Å². The van der Waals surface area contributed by atoms with Gasteiger partial charge in [-0.2, -0.15) is 0 Å². The Kier molecular flexibility index (Phi) is 0.946. The molecule has 0 bridgehead atoms. The molecule has 48 valence electrons. The molecule has 1 aliphatic heterocycles. The molecule has 0 atom stereocenters. The van der Waals surface area contributed by atoms with Gasteiger partial charge >= 0.3 is 0 Å². The van der Waals surface area contributed by atoms with Gasteiger partial charge in [0.15, 0.2) is 0 Å². The van der Waals surface area contributed by atoms with Gasteiger partial charge in [0.1, 0.15) is 0 Å². The molecule has 0 unspecified atom stereocenters. The van der Waals surface area contributed by atoms with Crippen molar-refractivity contribution in [3.8, 4) is 0 Å². The highest BCUT2D eigenvalue weighted by atomic mass is 15.7. The highest BCUT2D eigenvalue weighted by Gasteiger charge is 2.46. The van der Waals surface area contributed by atoms with Crippen LogP contribution in [0.25, 0.3) is 0 Å². The van der Waals surface area contributed by atoms with Crippen LogP contribution in [-0.2, 0) is 0 Å². The zero-order valence-corrected chi connectivity index (χ0v) is 6.00. The number of rotatable bonds is 0. The second-order valence-corrected chi connectivity index (χ2v) is 3.62. The first-order valence-electron chi connectivity index (χ1n) is 3.00. The molecule has 8 heavy (non-hydrogen) atoms. The molecule has 0 aliphatic carbocycles. The first-order chi connectivity index (χ1) is 3.46. The van der Waals surface area contributed by atoms with E-state index < -0.39 is 0 Å². The highest BCUT2D eigenvalue weighted by molar-refractivity contribution is 4.99. The van der Waals surface area contributed by atoms with Gasteiger partial charge in [-0.05, 0) is 12.3 Å². The zero-order valence-electron chi connectivity index (χ0n) is 6.00. The Hall–Kier alpha value is -0.0800. The third-order valence-electron chi connectivity index (χ3n) is 2.00. The molecule has 1 aliphatic rings. The summed E-state index contributed by atoms with van der Waals surface area (Å²) >= 11 is 0. The predicted molar refractivity (Wildman–Crippen MR) is 34.1 cm³/mol. The molecule has 0 aromatic heterocycles. The Morgan fingerprint density at radius 3 is 1.50 bits per heavy atom. The Morgan fingerprint density at radius 1 is 1.12 bits per heavy atom. The summed E-state index contributed by atoms with van der Waals surface area (Å²) in [6.07, 6.45) is 0. The Labute approximate surface area is 50.6 Å². The fourth-order valence-corrected chi connectivity index (χ4v) is 0.469.